The minimum Gasteiger partial charge on any atom is -0.192 e. The lowest BCUT2D eigenvalue weighted by Crippen LogP contribution is -2.17. The van der Waals surface area contributed by atoms with Gasteiger partial charge in [-0.2, -0.15) is 10.0 Å². The van der Waals surface area contributed by atoms with Gasteiger partial charge in [-0.3, -0.25) is 0 Å². The lowest BCUT2D eigenvalue weighted by atomic mass is 9.79. The molecule has 8 aromatic rings. The first kappa shape index (κ1) is 37.6. The van der Waals surface area contributed by atoms with Crippen LogP contribution in [0.5, 0.6) is 0 Å². The van der Waals surface area contributed by atoms with Gasteiger partial charge in [-0.25, -0.2) is 0 Å². The van der Waals surface area contributed by atoms with Gasteiger partial charge in [0.2, 0.25) is 0 Å². The minimum absolute atomic E-state index is 0.0450. The Morgan fingerprint density at radius 1 is 0.286 bits per heavy atom. The third kappa shape index (κ3) is 4.50. The second kappa shape index (κ2) is 11.8. The Balaban J connectivity index is 0.954. The van der Waals surface area contributed by atoms with E-state index in [-0.39, 0.29) is 21.7 Å². The highest BCUT2D eigenvalue weighted by molar-refractivity contribution is 8.47. The number of benzene rings is 8. The number of hydrogen-bond donors (Lipinski definition) is 0. The van der Waals surface area contributed by atoms with Gasteiger partial charge >= 0.3 is 0 Å². The molecule has 1 heteroatoms. The number of fused-ring (bicyclic) bond motifs is 16. The predicted molar refractivity (Wildman–Crippen MR) is 274 cm³/mol. The van der Waals surface area contributed by atoms with Crippen molar-refractivity contribution >= 4 is 41.4 Å². The molecule has 0 aromatic heterocycles. The maximum atomic E-state index is 2.61. The molecule has 0 spiro atoms. The van der Waals surface area contributed by atoms with Gasteiger partial charge in [-0.1, -0.05) is 152 Å². The van der Waals surface area contributed by atoms with Crippen molar-refractivity contribution in [3.05, 3.63) is 201 Å². The Bertz CT molecular complexity index is 3290. The van der Waals surface area contributed by atoms with Crippen LogP contribution in [0.2, 0.25) is 0 Å². The first-order valence-electron chi connectivity index (χ1n) is 22.9. The fraction of sp³-hybridized carbons (Fsp3) is 0.226. The van der Waals surface area contributed by atoms with Gasteiger partial charge < -0.3 is 0 Å². The lowest BCUT2D eigenvalue weighted by Gasteiger charge is -2.36. The molecule has 0 bridgehead atoms. The molecular formula is C62H54S. The zero-order chi connectivity index (χ0) is 43.3. The molecule has 0 amide bonds. The highest BCUT2D eigenvalue weighted by Gasteiger charge is 2.45. The van der Waals surface area contributed by atoms with Gasteiger partial charge in [-0.05, 0) is 183 Å². The number of rotatable bonds is 2. The van der Waals surface area contributed by atoms with Crippen molar-refractivity contribution in [2.24, 2.45) is 0 Å². The Morgan fingerprint density at radius 2 is 0.587 bits per heavy atom. The fourth-order valence-corrected chi connectivity index (χ4v) is 15.8. The number of allylic oxidation sites excluding steroid dienone is 2. The van der Waals surface area contributed by atoms with Crippen molar-refractivity contribution in [1.82, 2.24) is 0 Å². The quantitative estimate of drug-likeness (QED) is 0.163. The molecule has 0 fully saturated rings. The Labute approximate surface area is 374 Å². The topological polar surface area (TPSA) is 0 Å². The van der Waals surface area contributed by atoms with Crippen LogP contribution in [0, 0.1) is 0 Å². The monoisotopic (exact) mass is 830 g/mol. The summed E-state index contributed by atoms with van der Waals surface area (Å²) in [6.07, 6.45) is 10.1. The highest BCUT2D eigenvalue weighted by Crippen LogP contribution is 2.70. The van der Waals surface area contributed by atoms with E-state index in [4.69, 9.17) is 0 Å². The van der Waals surface area contributed by atoms with Crippen LogP contribution in [-0.2, 0) is 21.7 Å². The van der Waals surface area contributed by atoms with Crippen molar-refractivity contribution in [2.45, 2.75) is 77.0 Å². The molecule has 0 radical (unpaired) electrons. The van der Waals surface area contributed by atoms with Crippen LogP contribution in [0.25, 0.3) is 75.9 Å². The van der Waals surface area contributed by atoms with E-state index in [1.54, 1.807) is 0 Å². The summed E-state index contributed by atoms with van der Waals surface area (Å²) in [4.78, 5) is 2.95. The molecule has 8 aromatic carbocycles. The van der Waals surface area contributed by atoms with Crippen molar-refractivity contribution in [3.63, 3.8) is 0 Å². The summed E-state index contributed by atoms with van der Waals surface area (Å²) in [6.45, 7) is 19.5. The van der Waals surface area contributed by atoms with Gasteiger partial charge in [0.05, 0.1) is 0 Å². The average Bonchev–Trinajstić information content (AvgIpc) is 3.93. The van der Waals surface area contributed by atoms with Crippen molar-refractivity contribution in [2.75, 3.05) is 12.5 Å². The summed E-state index contributed by atoms with van der Waals surface area (Å²) in [7, 11) is -1.45. The van der Waals surface area contributed by atoms with Crippen LogP contribution in [0.4, 0.5) is 0 Å². The molecule has 0 unspecified atom stereocenters. The van der Waals surface area contributed by atoms with Gasteiger partial charge in [0.1, 0.15) is 0 Å². The Hall–Kier alpha value is -5.89. The van der Waals surface area contributed by atoms with Crippen LogP contribution < -0.4 is 0 Å². The van der Waals surface area contributed by atoms with E-state index >= 15 is 0 Å². The molecule has 308 valence electrons. The molecule has 0 N–H and O–H groups in total. The summed E-state index contributed by atoms with van der Waals surface area (Å²) < 4.78 is 0. The summed E-state index contributed by atoms with van der Waals surface area (Å²) in [5, 5.41) is 5.46. The molecule has 0 saturated carbocycles. The molecule has 0 atom stereocenters. The molecule has 13 rings (SSSR count). The molecule has 4 aliphatic carbocycles. The summed E-state index contributed by atoms with van der Waals surface area (Å²) in [6, 6.07) is 52.2. The maximum absolute atomic E-state index is 2.61. The molecule has 1 aliphatic heterocycles. The van der Waals surface area contributed by atoms with Crippen molar-refractivity contribution < 1.29 is 0 Å². The van der Waals surface area contributed by atoms with E-state index in [0.717, 1.165) is 0 Å². The zero-order valence-corrected chi connectivity index (χ0v) is 39.1. The smallest absolute Gasteiger partial charge is 0.0159 e. The maximum Gasteiger partial charge on any atom is 0.0159 e. The molecule has 5 aliphatic rings. The van der Waals surface area contributed by atoms with Gasteiger partial charge in [0.25, 0.3) is 0 Å². The molecule has 63 heavy (non-hydrogen) atoms. The summed E-state index contributed by atoms with van der Waals surface area (Å²) >= 11 is 0. The van der Waals surface area contributed by atoms with E-state index < -0.39 is 10.0 Å². The second-order valence-corrected chi connectivity index (χ2v) is 25.2. The van der Waals surface area contributed by atoms with Gasteiger partial charge in [-0.15, -0.1) is 0 Å². The standard InChI is InChI=1S/C62H54S/c1-59(2)47-25-17-15-21-37(47)41-29-51-45(33-49(41)59)57-39-23-13-11-19-35(39)43(31-53(57)61(51,5)6)55-27-28-56(63(55,9)10)44-32-54-58(40-24-14-12-20-36(40)44)46-34-50-42(30-52(46)62(54,7)8)38-22-16-18-26-48(38)60(50,3)4/h11-34H,1-10H3. The predicted octanol–water partition coefficient (Wildman–Crippen LogP) is 16.7. The second-order valence-electron chi connectivity index (χ2n) is 21.7. The van der Waals surface area contributed by atoms with E-state index in [1.165, 1.54) is 131 Å². The first-order valence-corrected chi connectivity index (χ1v) is 25.4. The van der Waals surface area contributed by atoms with Crippen LogP contribution in [0.3, 0.4) is 0 Å². The van der Waals surface area contributed by atoms with E-state index in [9.17, 15) is 0 Å². The average molecular weight is 831 g/mol. The summed E-state index contributed by atoms with van der Waals surface area (Å²) in [5.74, 6) is 0. The lowest BCUT2D eigenvalue weighted by molar-refractivity contribution is 0.652. The van der Waals surface area contributed by atoms with Gasteiger partial charge in [0.15, 0.2) is 0 Å². The Kier molecular flexibility index (Phi) is 7.06. The number of hydrogen-bond acceptors (Lipinski definition) is 0. The zero-order valence-electron chi connectivity index (χ0n) is 38.3. The largest absolute Gasteiger partial charge is 0.192 e. The van der Waals surface area contributed by atoms with Crippen LogP contribution in [0.15, 0.2) is 146 Å². The molecule has 1 heterocycles. The van der Waals surface area contributed by atoms with E-state index in [0.29, 0.717) is 0 Å². The van der Waals surface area contributed by atoms with E-state index in [2.05, 4.69) is 214 Å². The first-order chi connectivity index (χ1) is 30.0. The van der Waals surface area contributed by atoms with Crippen LogP contribution in [0.1, 0.15) is 111 Å². The third-order valence-corrected chi connectivity index (χ3v) is 19.7. The van der Waals surface area contributed by atoms with Crippen LogP contribution in [-0.4, -0.2) is 12.5 Å². The Morgan fingerprint density at radius 3 is 1.00 bits per heavy atom. The summed E-state index contributed by atoms with van der Waals surface area (Å²) in [5.41, 5.74) is 25.2. The molecule has 0 saturated heterocycles. The van der Waals surface area contributed by atoms with E-state index in [1.807, 2.05) is 0 Å². The minimum atomic E-state index is -1.45. The van der Waals surface area contributed by atoms with Crippen molar-refractivity contribution in [1.29, 1.82) is 0 Å². The third-order valence-electron chi connectivity index (χ3n) is 16.8. The normalized spacial score (nSPS) is 19.3. The van der Waals surface area contributed by atoms with Crippen LogP contribution >= 0.6 is 10.0 Å². The van der Waals surface area contributed by atoms with Gasteiger partial charge in [0, 0.05) is 31.5 Å². The van der Waals surface area contributed by atoms with Crippen molar-refractivity contribution in [3.8, 4) is 44.5 Å². The molecule has 0 nitrogen and oxygen atoms in total. The molecular weight excluding hydrogens is 777 g/mol. The SMILES string of the molecule is CC1(C)c2ccccc2-c2cc3c(cc21)-c1c(cc(C2=CC=C(c4cc5c(c6ccccc46)-c4cc6c(cc4C5(C)C)-c4ccccc4C6(C)C)S2(C)C)c2ccccc12)C3(C)C. The highest BCUT2D eigenvalue weighted by atomic mass is 32.3. The fourth-order valence-electron chi connectivity index (χ4n) is 13.3.